The van der Waals surface area contributed by atoms with Gasteiger partial charge < -0.3 is 14.9 Å². The van der Waals surface area contributed by atoms with Crippen molar-refractivity contribution in [3.8, 4) is 11.5 Å². The third-order valence-corrected chi connectivity index (χ3v) is 12.0. The van der Waals surface area contributed by atoms with Crippen LogP contribution in [-0.4, -0.2) is 41.1 Å². The molecule has 0 aromatic heterocycles. The zero-order valence-corrected chi connectivity index (χ0v) is 22.7. The largest absolute Gasteiger partial charge is 0.504 e. The molecule has 0 radical (unpaired) electrons. The lowest BCUT2D eigenvalue weighted by Gasteiger charge is -2.71. The van der Waals surface area contributed by atoms with Gasteiger partial charge in [-0.05, 0) is 84.2 Å². The Bertz CT molecular complexity index is 1250. The quantitative estimate of drug-likeness (QED) is 0.245. The number of ether oxygens (including phenoxy) is 1. The molecule has 37 heavy (non-hydrogen) atoms. The van der Waals surface area contributed by atoms with Gasteiger partial charge in [0.25, 0.3) is 0 Å². The van der Waals surface area contributed by atoms with E-state index in [9.17, 15) is 29.4 Å². The third-order valence-electron chi connectivity index (χ3n) is 12.0. The number of hydrogen-bond acceptors (Lipinski definition) is 7. The zero-order chi connectivity index (χ0) is 27.3. The van der Waals surface area contributed by atoms with Crippen LogP contribution in [0.5, 0.6) is 11.5 Å². The summed E-state index contributed by atoms with van der Waals surface area (Å²) in [6, 6.07) is 1.48. The number of Topliss-reactive ketones (excluding diaryl/α,β-unsaturated/α-hetero) is 2. The highest BCUT2D eigenvalue weighted by Gasteiger charge is 2.70. The van der Waals surface area contributed by atoms with Gasteiger partial charge in [-0.25, -0.2) is 0 Å². The minimum Gasteiger partial charge on any atom is -0.504 e. The maximum atomic E-state index is 13.6. The first-order chi connectivity index (χ1) is 17.1. The van der Waals surface area contributed by atoms with Gasteiger partial charge in [0.05, 0.1) is 12.7 Å². The maximum absolute atomic E-state index is 13.6. The van der Waals surface area contributed by atoms with Gasteiger partial charge in [0.15, 0.2) is 23.6 Å². The summed E-state index contributed by atoms with van der Waals surface area (Å²) in [7, 11) is 1.33. The number of carbonyl (C=O) groups is 4. The number of carbonyl (C=O) groups excluding carboxylic acids is 4. The predicted molar refractivity (Wildman–Crippen MR) is 136 cm³/mol. The van der Waals surface area contributed by atoms with Crippen LogP contribution in [0.4, 0.5) is 0 Å². The number of benzene rings is 1. The molecule has 1 aromatic carbocycles. The van der Waals surface area contributed by atoms with E-state index in [0.29, 0.717) is 24.7 Å². The molecule has 0 aliphatic heterocycles. The predicted octanol–water partition coefficient (Wildman–Crippen LogP) is 5.14. The first-order valence-electron chi connectivity index (χ1n) is 13.3. The van der Waals surface area contributed by atoms with Crippen molar-refractivity contribution in [3.05, 3.63) is 22.8 Å². The number of rotatable bonds is 2. The lowest BCUT2D eigenvalue weighted by molar-refractivity contribution is -0.210. The fourth-order valence-electron chi connectivity index (χ4n) is 9.40. The van der Waals surface area contributed by atoms with Crippen molar-refractivity contribution in [2.45, 2.75) is 85.0 Å². The molecule has 0 saturated heterocycles. The number of ketones is 2. The Morgan fingerprint density at radius 1 is 1.00 bits per heavy atom. The Morgan fingerprint density at radius 2 is 1.62 bits per heavy atom. The van der Waals surface area contributed by atoms with Crippen LogP contribution in [0.1, 0.15) is 106 Å². The van der Waals surface area contributed by atoms with Gasteiger partial charge in [-0.1, -0.05) is 27.7 Å². The summed E-state index contributed by atoms with van der Waals surface area (Å²) < 4.78 is 5.09. The molecule has 1 unspecified atom stereocenters. The summed E-state index contributed by atoms with van der Waals surface area (Å²) in [4.78, 5) is 51.6. The number of methoxy groups -OCH3 is 1. The number of phenols is 2. The van der Waals surface area contributed by atoms with Gasteiger partial charge in [0.2, 0.25) is 0 Å². The second-order valence-corrected chi connectivity index (χ2v) is 13.5. The van der Waals surface area contributed by atoms with Crippen LogP contribution in [0.3, 0.4) is 0 Å². The SMILES string of the molecule is COC(=O)[C@@]1(C)C[C@@H]2[C@@](C)(CC[C@]3(C)C4CC(=O)c5c(cc(O)c(O)c5C=O)[C@]4(C)CC[C@@]23C)CC1=O. The van der Waals surface area contributed by atoms with Crippen LogP contribution in [0.25, 0.3) is 0 Å². The zero-order valence-electron chi connectivity index (χ0n) is 22.7. The van der Waals surface area contributed by atoms with Crippen LogP contribution in [0, 0.1) is 33.5 Å². The highest BCUT2D eigenvalue weighted by atomic mass is 16.5. The van der Waals surface area contributed by atoms with Gasteiger partial charge in [-0.2, -0.15) is 0 Å². The van der Waals surface area contributed by atoms with Crippen LogP contribution in [-0.2, 0) is 19.7 Å². The van der Waals surface area contributed by atoms with Crippen LogP contribution >= 0.6 is 0 Å². The third kappa shape index (κ3) is 3.00. The van der Waals surface area contributed by atoms with Gasteiger partial charge in [-0.3, -0.25) is 19.2 Å². The highest BCUT2D eigenvalue weighted by Crippen LogP contribution is 2.75. The average molecular weight is 511 g/mol. The summed E-state index contributed by atoms with van der Waals surface area (Å²) in [6.45, 7) is 10.6. The summed E-state index contributed by atoms with van der Waals surface area (Å²) in [6.07, 6.45) is 4.68. The number of aromatic hydroxyl groups is 2. The van der Waals surface area contributed by atoms with Gasteiger partial charge in [-0.15, -0.1) is 0 Å². The van der Waals surface area contributed by atoms with E-state index in [2.05, 4.69) is 27.7 Å². The smallest absolute Gasteiger partial charge is 0.319 e. The molecule has 200 valence electrons. The molecule has 4 aliphatic rings. The molecule has 3 fully saturated rings. The molecular formula is C30H38O7. The Kier molecular flexibility index (Phi) is 5.38. The number of esters is 1. The van der Waals surface area contributed by atoms with Crippen molar-refractivity contribution in [1.82, 2.24) is 0 Å². The molecule has 7 heteroatoms. The first-order valence-corrected chi connectivity index (χ1v) is 13.3. The fraction of sp³-hybridized carbons (Fsp3) is 0.667. The summed E-state index contributed by atoms with van der Waals surface area (Å²) in [5.41, 5.74) is -1.69. The topological polar surface area (TPSA) is 118 Å². The molecule has 0 heterocycles. The van der Waals surface area contributed by atoms with E-state index in [1.165, 1.54) is 13.2 Å². The minimum absolute atomic E-state index is 0.0515. The Hall–Kier alpha value is -2.70. The molecule has 2 N–H and O–H groups in total. The Balaban J connectivity index is 1.65. The molecular weight excluding hydrogens is 472 g/mol. The van der Waals surface area contributed by atoms with Gasteiger partial charge in [0.1, 0.15) is 11.2 Å². The number of aldehydes is 1. The average Bonchev–Trinajstić information content (AvgIpc) is 2.85. The van der Waals surface area contributed by atoms with E-state index < -0.39 is 22.5 Å². The maximum Gasteiger partial charge on any atom is 0.319 e. The van der Waals surface area contributed by atoms with Crippen molar-refractivity contribution >= 4 is 23.8 Å². The molecule has 4 aliphatic carbocycles. The lowest BCUT2D eigenvalue weighted by atomic mass is 9.32. The van der Waals surface area contributed by atoms with Gasteiger partial charge in [0, 0.05) is 18.4 Å². The van der Waals surface area contributed by atoms with E-state index in [-0.39, 0.29) is 62.9 Å². The van der Waals surface area contributed by atoms with Crippen molar-refractivity contribution in [2.75, 3.05) is 7.11 Å². The molecule has 7 atom stereocenters. The molecule has 5 rings (SSSR count). The fourth-order valence-corrected chi connectivity index (χ4v) is 9.40. The monoisotopic (exact) mass is 510 g/mol. The van der Waals surface area contributed by atoms with Crippen molar-refractivity contribution in [1.29, 1.82) is 0 Å². The van der Waals surface area contributed by atoms with Crippen molar-refractivity contribution < 1.29 is 34.1 Å². The second kappa shape index (κ2) is 7.67. The van der Waals surface area contributed by atoms with E-state index in [1.807, 2.05) is 0 Å². The van der Waals surface area contributed by atoms with Crippen LogP contribution in [0.15, 0.2) is 6.07 Å². The van der Waals surface area contributed by atoms with Crippen LogP contribution in [0.2, 0.25) is 0 Å². The van der Waals surface area contributed by atoms with E-state index in [4.69, 9.17) is 4.74 Å². The summed E-state index contributed by atoms with van der Waals surface area (Å²) in [5, 5.41) is 20.8. The van der Waals surface area contributed by atoms with E-state index in [1.54, 1.807) is 6.92 Å². The second-order valence-electron chi connectivity index (χ2n) is 13.5. The minimum atomic E-state index is -1.18. The Labute approximate surface area is 218 Å². The van der Waals surface area contributed by atoms with E-state index >= 15 is 0 Å². The normalized spacial score (nSPS) is 42.6. The number of fused-ring (bicyclic) bond motifs is 7. The molecule has 0 bridgehead atoms. The van der Waals surface area contributed by atoms with E-state index in [0.717, 1.165) is 25.7 Å². The standard InChI is InChI=1S/C30H38O7/c1-26-7-9-29(4)20-12-18(32)23-16(15-31)24(35)19(33)11-17(23)27(20,2)8-10-30(29,5)21(26)13-28(3,22(34)14-26)25(36)37-6/h11,15,20-21,33,35H,7-10,12-14H2,1-6H3/t20?,21-,26+,27+,28+,29-,30+/m1/s1. The lowest BCUT2D eigenvalue weighted by Crippen LogP contribution is -2.67. The molecule has 3 saturated carbocycles. The number of hydrogen-bond donors (Lipinski definition) is 2. The first kappa shape index (κ1) is 25.9. The molecule has 1 aromatic rings. The van der Waals surface area contributed by atoms with Gasteiger partial charge >= 0.3 is 5.97 Å². The molecule has 0 amide bonds. The molecule has 7 nitrogen and oxygen atoms in total. The van der Waals surface area contributed by atoms with Crippen molar-refractivity contribution in [3.63, 3.8) is 0 Å². The van der Waals surface area contributed by atoms with Crippen LogP contribution < -0.4 is 0 Å². The highest BCUT2D eigenvalue weighted by molar-refractivity contribution is 6.07. The summed E-state index contributed by atoms with van der Waals surface area (Å²) >= 11 is 0. The Morgan fingerprint density at radius 3 is 2.24 bits per heavy atom. The molecule has 0 spiro atoms. The number of phenolic OH excluding ortho intramolecular Hbond substituents is 2. The van der Waals surface area contributed by atoms with Crippen molar-refractivity contribution in [2.24, 2.45) is 33.5 Å². The summed E-state index contributed by atoms with van der Waals surface area (Å²) in [5.74, 6) is -1.62.